The summed E-state index contributed by atoms with van der Waals surface area (Å²) in [5.74, 6) is 0.358. The van der Waals surface area contributed by atoms with Gasteiger partial charge in [0.15, 0.2) is 5.11 Å². The van der Waals surface area contributed by atoms with Crippen molar-refractivity contribution in [2.75, 3.05) is 39.8 Å². The highest BCUT2D eigenvalue weighted by molar-refractivity contribution is 9.10. The average molecular weight is 414 g/mol. The smallest absolute Gasteiger partial charge is 0.261 e. The first-order valence-electron chi connectivity index (χ1n) is 8.22. The molecule has 24 heavy (non-hydrogen) atoms. The second-order valence-corrected chi connectivity index (χ2v) is 7.19. The summed E-state index contributed by atoms with van der Waals surface area (Å²) in [6, 6.07) is 5.45. The Hall–Kier alpha value is -1.18. The van der Waals surface area contributed by atoms with E-state index in [0.717, 1.165) is 43.5 Å². The van der Waals surface area contributed by atoms with Crippen molar-refractivity contribution in [3.05, 3.63) is 28.2 Å². The minimum absolute atomic E-state index is 0.230. The van der Waals surface area contributed by atoms with Crippen molar-refractivity contribution in [1.29, 1.82) is 0 Å². The zero-order chi connectivity index (χ0) is 17.5. The Labute approximate surface area is 157 Å². The van der Waals surface area contributed by atoms with Crippen LogP contribution in [0, 0.1) is 0 Å². The van der Waals surface area contributed by atoms with E-state index in [1.165, 1.54) is 0 Å². The molecule has 0 spiro atoms. The number of hydrogen-bond acceptors (Lipinski definition) is 4. The molecule has 0 bridgehead atoms. The third kappa shape index (κ3) is 5.43. The van der Waals surface area contributed by atoms with Crippen molar-refractivity contribution < 1.29 is 9.53 Å². The number of halogens is 1. The maximum Gasteiger partial charge on any atom is 0.261 e. The van der Waals surface area contributed by atoms with E-state index in [1.807, 2.05) is 17.0 Å². The molecule has 1 amide bonds. The van der Waals surface area contributed by atoms with E-state index in [0.29, 0.717) is 23.0 Å². The highest BCUT2D eigenvalue weighted by Crippen LogP contribution is 2.23. The molecule has 0 aromatic heterocycles. The zero-order valence-electron chi connectivity index (χ0n) is 14.2. The van der Waals surface area contributed by atoms with Crippen LogP contribution in [0.15, 0.2) is 22.7 Å². The Morgan fingerprint density at radius 3 is 2.71 bits per heavy atom. The van der Waals surface area contributed by atoms with Crippen LogP contribution in [0.25, 0.3) is 0 Å². The molecule has 132 valence electrons. The predicted molar refractivity (Wildman–Crippen MR) is 104 cm³/mol. The molecule has 1 heterocycles. The standard InChI is InChI=1S/C17H24BrN3O2S/c1-3-4-11-23-15-6-5-13(18)12-14(15)16(22)19-17(24)21-9-7-20(2)8-10-21/h5-6,12H,3-4,7-11H2,1-2H3,(H,19,22,24). The predicted octanol–water partition coefficient (Wildman–Crippen LogP) is 2.89. The Bertz CT molecular complexity index is 589. The number of rotatable bonds is 5. The summed E-state index contributed by atoms with van der Waals surface area (Å²) in [5.41, 5.74) is 0.497. The first-order valence-corrected chi connectivity index (χ1v) is 9.42. The average Bonchev–Trinajstić information content (AvgIpc) is 2.56. The first kappa shape index (κ1) is 19.1. The van der Waals surface area contributed by atoms with Gasteiger partial charge >= 0.3 is 0 Å². The molecular formula is C17H24BrN3O2S. The van der Waals surface area contributed by atoms with Crippen molar-refractivity contribution in [3.63, 3.8) is 0 Å². The fraction of sp³-hybridized carbons (Fsp3) is 0.529. The SMILES string of the molecule is CCCCOc1ccc(Br)cc1C(=O)NC(=S)N1CCN(C)CC1. The fourth-order valence-corrected chi connectivity index (χ4v) is 3.02. The van der Waals surface area contributed by atoms with Crippen LogP contribution in [0.4, 0.5) is 0 Å². The summed E-state index contributed by atoms with van der Waals surface area (Å²) in [6.07, 6.45) is 2.00. The van der Waals surface area contributed by atoms with E-state index in [4.69, 9.17) is 17.0 Å². The van der Waals surface area contributed by atoms with Crippen molar-refractivity contribution in [3.8, 4) is 5.75 Å². The Balaban J connectivity index is 2.02. The number of benzene rings is 1. The van der Waals surface area contributed by atoms with Gasteiger partial charge < -0.3 is 14.5 Å². The lowest BCUT2D eigenvalue weighted by Gasteiger charge is -2.33. The second-order valence-electron chi connectivity index (χ2n) is 5.89. The topological polar surface area (TPSA) is 44.8 Å². The van der Waals surface area contributed by atoms with Gasteiger partial charge in [0.25, 0.3) is 5.91 Å². The largest absolute Gasteiger partial charge is 0.493 e. The van der Waals surface area contributed by atoms with Gasteiger partial charge in [-0.15, -0.1) is 0 Å². The minimum Gasteiger partial charge on any atom is -0.493 e. The fourth-order valence-electron chi connectivity index (χ4n) is 2.39. The van der Waals surface area contributed by atoms with Gasteiger partial charge in [-0.2, -0.15) is 0 Å². The number of ether oxygens (including phenoxy) is 1. The number of thiocarbonyl (C=S) groups is 1. The first-order chi connectivity index (χ1) is 11.5. The monoisotopic (exact) mass is 413 g/mol. The third-order valence-corrected chi connectivity index (χ3v) is 4.81. The summed E-state index contributed by atoms with van der Waals surface area (Å²) < 4.78 is 6.58. The molecule has 1 aliphatic heterocycles. The van der Waals surface area contributed by atoms with Gasteiger partial charge in [-0.1, -0.05) is 29.3 Å². The molecule has 1 fully saturated rings. The molecule has 5 nitrogen and oxygen atoms in total. The summed E-state index contributed by atoms with van der Waals surface area (Å²) in [6.45, 7) is 6.24. The molecule has 0 unspecified atom stereocenters. The van der Waals surface area contributed by atoms with E-state index in [2.05, 4.69) is 40.1 Å². The molecule has 0 radical (unpaired) electrons. The second kappa shape index (κ2) is 9.34. The maximum atomic E-state index is 12.6. The van der Waals surface area contributed by atoms with Crippen LogP contribution in [-0.2, 0) is 0 Å². The molecule has 1 aromatic carbocycles. The highest BCUT2D eigenvalue weighted by atomic mass is 79.9. The van der Waals surface area contributed by atoms with Gasteiger partial charge in [0.1, 0.15) is 5.75 Å². The van der Waals surface area contributed by atoms with E-state index in [9.17, 15) is 4.79 Å². The van der Waals surface area contributed by atoms with Crippen molar-refractivity contribution >= 4 is 39.2 Å². The van der Waals surface area contributed by atoms with Gasteiger partial charge in [-0.3, -0.25) is 10.1 Å². The van der Waals surface area contributed by atoms with Crippen molar-refractivity contribution in [2.24, 2.45) is 0 Å². The Morgan fingerprint density at radius 2 is 2.04 bits per heavy atom. The summed E-state index contributed by atoms with van der Waals surface area (Å²) in [7, 11) is 2.08. The van der Waals surface area contributed by atoms with E-state index < -0.39 is 0 Å². The number of hydrogen-bond donors (Lipinski definition) is 1. The minimum atomic E-state index is -0.230. The number of unbranched alkanes of at least 4 members (excludes halogenated alkanes) is 1. The van der Waals surface area contributed by atoms with Crippen LogP contribution in [0.1, 0.15) is 30.1 Å². The number of nitrogens with zero attached hydrogens (tertiary/aromatic N) is 2. The van der Waals surface area contributed by atoms with Gasteiger partial charge in [0.05, 0.1) is 12.2 Å². The molecule has 0 atom stereocenters. The molecule has 7 heteroatoms. The van der Waals surface area contributed by atoms with Crippen LogP contribution < -0.4 is 10.1 Å². The lowest BCUT2D eigenvalue weighted by molar-refractivity contribution is 0.0966. The van der Waals surface area contributed by atoms with E-state index in [-0.39, 0.29) is 5.91 Å². The van der Waals surface area contributed by atoms with Crippen LogP contribution >= 0.6 is 28.1 Å². The third-order valence-electron chi connectivity index (χ3n) is 3.95. The van der Waals surface area contributed by atoms with Crippen molar-refractivity contribution in [1.82, 2.24) is 15.1 Å². The molecule has 0 aliphatic carbocycles. The normalized spacial score (nSPS) is 15.2. The number of carbonyl (C=O) groups excluding carboxylic acids is 1. The number of nitrogens with one attached hydrogen (secondary N) is 1. The van der Waals surface area contributed by atoms with Crippen LogP contribution in [0.5, 0.6) is 5.75 Å². The van der Waals surface area contributed by atoms with Gasteiger partial charge in [0.2, 0.25) is 0 Å². The number of carbonyl (C=O) groups is 1. The summed E-state index contributed by atoms with van der Waals surface area (Å²) >= 11 is 8.81. The molecule has 1 N–H and O–H groups in total. The quantitative estimate of drug-likeness (QED) is 0.593. The van der Waals surface area contributed by atoms with Gasteiger partial charge in [0, 0.05) is 30.7 Å². The molecule has 0 saturated carbocycles. The number of likely N-dealkylation sites (N-methyl/N-ethyl adjacent to an activating group) is 1. The lowest BCUT2D eigenvalue weighted by atomic mass is 10.2. The summed E-state index contributed by atoms with van der Waals surface area (Å²) in [5, 5.41) is 3.32. The number of piperazine rings is 1. The Kier molecular flexibility index (Phi) is 7.45. The Morgan fingerprint density at radius 1 is 1.33 bits per heavy atom. The molecule has 1 aromatic rings. The number of amides is 1. The van der Waals surface area contributed by atoms with Gasteiger partial charge in [-0.25, -0.2) is 0 Å². The van der Waals surface area contributed by atoms with Crippen LogP contribution in [-0.4, -0.2) is 60.7 Å². The molecular weight excluding hydrogens is 390 g/mol. The molecule has 1 aliphatic rings. The van der Waals surface area contributed by atoms with Crippen molar-refractivity contribution in [2.45, 2.75) is 19.8 Å². The summed E-state index contributed by atoms with van der Waals surface area (Å²) in [4.78, 5) is 16.9. The van der Waals surface area contributed by atoms with Gasteiger partial charge in [-0.05, 0) is 43.9 Å². The molecule has 1 saturated heterocycles. The maximum absolute atomic E-state index is 12.6. The van der Waals surface area contributed by atoms with Crippen LogP contribution in [0.3, 0.4) is 0 Å². The highest BCUT2D eigenvalue weighted by Gasteiger charge is 2.20. The van der Waals surface area contributed by atoms with E-state index in [1.54, 1.807) is 6.07 Å². The van der Waals surface area contributed by atoms with Crippen LogP contribution in [0.2, 0.25) is 0 Å². The molecule has 2 rings (SSSR count). The lowest BCUT2D eigenvalue weighted by Crippen LogP contribution is -2.51. The van der Waals surface area contributed by atoms with E-state index >= 15 is 0 Å². The zero-order valence-corrected chi connectivity index (χ0v) is 16.6.